The van der Waals surface area contributed by atoms with E-state index in [1.165, 1.54) is 6.92 Å². The molecule has 10 heavy (non-hydrogen) atoms. The lowest BCUT2D eigenvalue weighted by molar-refractivity contribution is -0.117. The third kappa shape index (κ3) is 3.55. The first-order valence-corrected chi connectivity index (χ1v) is 3.07. The molecule has 0 saturated heterocycles. The minimum atomic E-state index is -1.18. The largest absolute Gasteiger partial charge is 0.391 e. The van der Waals surface area contributed by atoms with E-state index in [2.05, 4.69) is 0 Å². The number of carbonyl (C=O) groups excluding carboxylic acids is 1. The third-order valence-electron chi connectivity index (χ3n) is 1.20. The molecule has 0 radical (unpaired) electrons. The number of aldehydes is 1. The maximum atomic E-state index is 9.82. The van der Waals surface area contributed by atoms with Crippen molar-refractivity contribution in [2.45, 2.75) is 31.7 Å². The van der Waals surface area contributed by atoms with E-state index in [4.69, 9.17) is 15.3 Å². The maximum Gasteiger partial charge on any atom is 0.148 e. The average Bonchev–Trinajstić information content (AvgIpc) is 1.87. The highest BCUT2D eigenvalue weighted by Crippen LogP contribution is 2.00. The van der Waals surface area contributed by atoms with E-state index in [-0.39, 0.29) is 6.42 Å². The second-order valence-electron chi connectivity index (χ2n) is 2.25. The molecule has 0 bridgehead atoms. The van der Waals surface area contributed by atoms with Crippen LogP contribution in [0.25, 0.3) is 0 Å². The zero-order chi connectivity index (χ0) is 8.15. The molecule has 0 aromatic carbocycles. The topological polar surface area (TPSA) is 77.8 Å². The number of rotatable bonds is 4. The first-order chi connectivity index (χ1) is 4.57. The van der Waals surface area contributed by atoms with E-state index in [0.29, 0.717) is 6.29 Å². The van der Waals surface area contributed by atoms with Gasteiger partial charge in [-0.3, -0.25) is 0 Å². The van der Waals surface area contributed by atoms with Crippen LogP contribution in [0.4, 0.5) is 0 Å². The summed E-state index contributed by atoms with van der Waals surface area (Å²) in [6, 6.07) is 0. The number of hydrogen-bond acceptors (Lipinski definition) is 4. The Morgan fingerprint density at radius 1 is 1.40 bits per heavy atom. The van der Waals surface area contributed by atoms with Gasteiger partial charge < -0.3 is 20.1 Å². The van der Waals surface area contributed by atoms with Gasteiger partial charge >= 0.3 is 0 Å². The second kappa shape index (κ2) is 4.38. The van der Waals surface area contributed by atoms with E-state index in [1.54, 1.807) is 0 Å². The van der Waals surface area contributed by atoms with E-state index >= 15 is 0 Å². The predicted molar refractivity (Wildman–Crippen MR) is 34.4 cm³/mol. The van der Waals surface area contributed by atoms with Gasteiger partial charge in [0.25, 0.3) is 0 Å². The van der Waals surface area contributed by atoms with Crippen molar-refractivity contribution < 1.29 is 20.1 Å². The zero-order valence-electron chi connectivity index (χ0n) is 5.77. The van der Waals surface area contributed by atoms with Gasteiger partial charge in [0.05, 0.1) is 12.2 Å². The fraction of sp³-hybridized carbons (Fsp3) is 0.833. The normalized spacial score (nSPS) is 19.6. The summed E-state index contributed by atoms with van der Waals surface area (Å²) in [5.41, 5.74) is 0. The van der Waals surface area contributed by atoms with Crippen molar-refractivity contribution in [2.75, 3.05) is 0 Å². The van der Waals surface area contributed by atoms with Crippen molar-refractivity contribution in [1.29, 1.82) is 0 Å². The highest BCUT2D eigenvalue weighted by molar-refractivity contribution is 5.55. The molecule has 3 atom stereocenters. The quantitative estimate of drug-likeness (QED) is 0.432. The van der Waals surface area contributed by atoms with Crippen LogP contribution in [0.5, 0.6) is 0 Å². The average molecular weight is 148 g/mol. The van der Waals surface area contributed by atoms with Gasteiger partial charge in [-0.15, -0.1) is 0 Å². The van der Waals surface area contributed by atoms with Crippen LogP contribution in [0.1, 0.15) is 13.3 Å². The molecule has 0 spiro atoms. The van der Waals surface area contributed by atoms with Crippen LogP contribution in [-0.4, -0.2) is 39.9 Å². The summed E-state index contributed by atoms with van der Waals surface area (Å²) < 4.78 is 0. The Hall–Kier alpha value is -0.450. The van der Waals surface area contributed by atoms with Crippen LogP contribution in [-0.2, 0) is 4.79 Å². The molecule has 4 heteroatoms. The van der Waals surface area contributed by atoms with E-state index in [0.717, 1.165) is 0 Å². The lowest BCUT2D eigenvalue weighted by Gasteiger charge is -2.13. The molecule has 0 aromatic heterocycles. The Balaban J connectivity index is 3.56. The predicted octanol–water partition coefficient (Wildman–Crippen LogP) is -1.32. The number of carbonyl (C=O) groups is 1. The van der Waals surface area contributed by atoms with Crippen LogP contribution in [0.3, 0.4) is 0 Å². The standard InChI is InChI=1S/C6H12O4/c1-4(8)6(10)2-5(9)3-7/h3-6,8-10H,2H2,1H3. The maximum absolute atomic E-state index is 9.82. The van der Waals surface area contributed by atoms with Gasteiger partial charge in [0, 0.05) is 6.42 Å². The fourth-order valence-electron chi connectivity index (χ4n) is 0.500. The molecule has 3 N–H and O–H groups in total. The summed E-state index contributed by atoms with van der Waals surface area (Å²) in [5, 5.41) is 26.2. The van der Waals surface area contributed by atoms with Gasteiger partial charge in [0.1, 0.15) is 12.4 Å². The van der Waals surface area contributed by atoms with E-state index in [9.17, 15) is 4.79 Å². The molecule has 4 nitrogen and oxygen atoms in total. The van der Waals surface area contributed by atoms with Gasteiger partial charge in [0.15, 0.2) is 0 Å². The number of hydrogen-bond donors (Lipinski definition) is 3. The van der Waals surface area contributed by atoms with Crippen molar-refractivity contribution >= 4 is 6.29 Å². The number of aliphatic hydroxyl groups excluding tert-OH is 3. The first-order valence-electron chi connectivity index (χ1n) is 3.07. The summed E-state index contributed by atoms with van der Waals surface area (Å²) in [6.45, 7) is 1.39. The summed E-state index contributed by atoms with van der Waals surface area (Å²) in [6.07, 6.45) is -2.90. The third-order valence-corrected chi connectivity index (χ3v) is 1.20. The molecule has 0 aromatic rings. The van der Waals surface area contributed by atoms with Crippen molar-refractivity contribution in [3.8, 4) is 0 Å². The Labute approximate surface area is 59.1 Å². The molecule has 0 heterocycles. The van der Waals surface area contributed by atoms with Gasteiger partial charge in [0.2, 0.25) is 0 Å². The van der Waals surface area contributed by atoms with Crippen molar-refractivity contribution in [3.05, 3.63) is 0 Å². The number of aliphatic hydroxyl groups is 3. The van der Waals surface area contributed by atoms with E-state index in [1.807, 2.05) is 0 Å². The Kier molecular flexibility index (Phi) is 4.18. The molecular weight excluding hydrogens is 136 g/mol. The Bertz CT molecular complexity index is 102. The minimum Gasteiger partial charge on any atom is -0.391 e. The highest BCUT2D eigenvalue weighted by atomic mass is 16.3. The second-order valence-corrected chi connectivity index (χ2v) is 2.25. The summed E-state index contributed by atoms with van der Waals surface area (Å²) in [4.78, 5) is 9.82. The van der Waals surface area contributed by atoms with Gasteiger partial charge in [-0.2, -0.15) is 0 Å². The molecule has 60 valence electrons. The van der Waals surface area contributed by atoms with Crippen LogP contribution in [0, 0.1) is 0 Å². The van der Waals surface area contributed by atoms with Crippen LogP contribution in [0.2, 0.25) is 0 Å². The molecule has 0 amide bonds. The Morgan fingerprint density at radius 2 is 1.90 bits per heavy atom. The SMILES string of the molecule is CC(O)C(O)CC(O)C=O. The van der Waals surface area contributed by atoms with Crippen LogP contribution < -0.4 is 0 Å². The van der Waals surface area contributed by atoms with Crippen molar-refractivity contribution in [1.82, 2.24) is 0 Å². The zero-order valence-corrected chi connectivity index (χ0v) is 5.77. The van der Waals surface area contributed by atoms with Crippen LogP contribution >= 0.6 is 0 Å². The Morgan fingerprint density at radius 3 is 2.20 bits per heavy atom. The summed E-state index contributed by atoms with van der Waals surface area (Å²) in [7, 11) is 0. The first kappa shape index (κ1) is 9.55. The monoisotopic (exact) mass is 148 g/mol. The molecule has 3 unspecified atom stereocenters. The van der Waals surface area contributed by atoms with Gasteiger partial charge in [-0.05, 0) is 6.92 Å². The molecule has 0 aliphatic rings. The lowest BCUT2D eigenvalue weighted by atomic mass is 10.1. The minimum absolute atomic E-state index is 0.110. The van der Waals surface area contributed by atoms with Crippen molar-refractivity contribution in [3.63, 3.8) is 0 Å². The van der Waals surface area contributed by atoms with Gasteiger partial charge in [-0.1, -0.05) is 0 Å². The summed E-state index contributed by atoms with van der Waals surface area (Å²) in [5.74, 6) is 0. The molecule has 0 aliphatic carbocycles. The molecular formula is C6H12O4. The van der Waals surface area contributed by atoms with E-state index < -0.39 is 18.3 Å². The lowest BCUT2D eigenvalue weighted by Crippen LogP contribution is -2.28. The summed E-state index contributed by atoms with van der Waals surface area (Å²) >= 11 is 0. The molecule has 0 aliphatic heterocycles. The fourth-order valence-corrected chi connectivity index (χ4v) is 0.500. The molecule has 0 saturated carbocycles. The van der Waals surface area contributed by atoms with Crippen LogP contribution in [0.15, 0.2) is 0 Å². The van der Waals surface area contributed by atoms with Crippen molar-refractivity contribution in [2.24, 2.45) is 0 Å². The molecule has 0 fully saturated rings. The molecule has 0 rings (SSSR count). The van der Waals surface area contributed by atoms with Gasteiger partial charge in [-0.25, -0.2) is 0 Å². The smallest absolute Gasteiger partial charge is 0.148 e. The highest BCUT2D eigenvalue weighted by Gasteiger charge is 2.14.